The summed E-state index contributed by atoms with van der Waals surface area (Å²) in [5, 5.41) is 0. The average Bonchev–Trinajstić information content (AvgIpc) is 2.75. The first-order valence-electron chi connectivity index (χ1n) is 5.81. The maximum Gasteiger partial charge on any atom is 0.255 e. The molecule has 1 aromatic rings. The minimum absolute atomic E-state index is 0.125. The molecule has 1 fully saturated rings. The van der Waals surface area contributed by atoms with E-state index in [1.165, 1.54) is 12.8 Å². The highest BCUT2D eigenvalue weighted by atomic mass is 16.1. The van der Waals surface area contributed by atoms with Gasteiger partial charge in [0.05, 0.1) is 5.69 Å². The van der Waals surface area contributed by atoms with E-state index in [2.05, 4.69) is 9.97 Å². The lowest BCUT2D eigenvalue weighted by Crippen LogP contribution is -2.23. The molecule has 16 heavy (non-hydrogen) atoms. The summed E-state index contributed by atoms with van der Waals surface area (Å²) in [5.41, 5.74) is 12.6. The SMILES string of the molecule is NCCc1c(C2CCCC2)nc(N)[nH]c1=O. The van der Waals surface area contributed by atoms with Gasteiger partial charge in [0, 0.05) is 11.5 Å². The smallest absolute Gasteiger partial charge is 0.255 e. The largest absolute Gasteiger partial charge is 0.369 e. The molecule has 0 radical (unpaired) electrons. The van der Waals surface area contributed by atoms with Gasteiger partial charge in [-0.3, -0.25) is 9.78 Å². The van der Waals surface area contributed by atoms with Crippen LogP contribution < -0.4 is 17.0 Å². The molecule has 1 saturated carbocycles. The van der Waals surface area contributed by atoms with Gasteiger partial charge in [-0.05, 0) is 25.8 Å². The van der Waals surface area contributed by atoms with Crippen molar-refractivity contribution in [3.05, 3.63) is 21.6 Å². The molecule has 0 saturated heterocycles. The molecule has 5 N–H and O–H groups in total. The molecular weight excluding hydrogens is 204 g/mol. The van der Waals surface area contributed by atoms with Crippen LogP contribution >= 0.6 is 0 Å². The number of hydrogen-bond acceptors (Lipinski definition) is 4. The summed E-state index contributed by atoms with van der Waals surface area (Å²) >= 11 is 0. The van der Waals surface area contributed by atoms with Gasteiger partial charge in [-0.25, -0.2) is 4.98 Å². The van der Waals surface area contributed by atoms with Crippen LogP contribution in [0, 0.1) is 0 Å². The summed E-state index contributed by atoms with van der Waals surface area (Å²) in [7, 11) is 0. The number of nitrogens with one attached hydrogen (secondary N) is 1. The fourth-order valence-electron chi connectivity index (χ4n) is 2.46. The Morgan fingerprint density at radius 2 is 2.06 bits per heavy atom. The van der Waals surface area contributed by atoms with Crippen LogP contribution in [0.2, 0.25) is 0 Å². The first-order chi connectivity index (χ1) is 7.72. The topological polar surface area (TPSA) is 97.8 Å². The third-order valence-corrected chi connectivity index (χ3v) is 3.20. The molecule has 0 atom stereocenters. The van der Waals surface area contributed by atoms with Gasteiger partial charge in [0.2, 0.25) is 5.95 Å². The average molecular weight is 222 g/mol. The van der Waals surface area contributed by atoms with Gasteiger partial charge in [-0.2, -0.15) is 0 Å². The molecular formula is C11H18N4O. The maximum absolute atomic E-state index is 11.8. The number of nitrogens with zero attached hydrogens (tertiary/aromatic N) is 1. The van der Waals surface area contributed by atoms with E-state index in [1.807, 2.05) is 0 Å². The zero-order chi connectivity index (χ0) is 11.5. The molecule has 0 amide bonds. The number of rotatable bonds is 3. The zero-order valence-corrected chi connectivity index (χ0v) is 9.33. The van der Waals surface area contributed by atoms with Crippen LogP contribution in [0.4, 0.5) is 5.95 Å². The normalized spacial score (nSPS) is 16.8. The standard InChI is InChI=1S/C11H18N4O/c12-6-5-8-9(7-3-1-2-4-7)14-11(13)15-10(8)16/h7H,1-6,12H2,(H3,13,14,15,16). The Bertz CT molecular complexity index is 420. The third-order valence-electron chi connectivity index (χ3n) is 3.20. The molecule has 5 heteroatoms. The highest BCUT2D eigenvalue weighted by Crippen LogP contribution is 2.34. The minimum Gasteiger partial charge on any atom is -0.369 e. The molecule has 1 heterocycles. The Morgan fingerprint density at radius 3 is 2.69 bits per heavy atom. The first kappa shape index (κ1) is 11.1. The monoisotopic (exact) mass is 222 g/mol. The Balaban J connectivity index is 2.43. The van der Waals surface area contributed by atoms with Crippen molar-refractivity contribution in [1.29, 1.82) is 0 Å². The Morgan fingerprint density at radius 1 is 1.38 bits per heavy atom. The summed E-state index contributed by atoms with van der Waals surface area (Å²) in [4.78, 5) is 18.6. The van der Waals surface area contributed by atoms with Crippen LogP contribution in [-0.2, 0) is 6.42 Å². The van der Waals surface area contributed by atoms with Crippen LogP contribution in [-0.4, -0.2) is 16.5 Å². The predicted molar refractivity (Wildman–Crippen MR) is 63.2 cm³/mol. The van der Waals surface area contributed by atoms with Crippen molar-refractivity contribution in [2.45, 2.75) is 38.0 Å². The van der Waals surface area contributed by atoms with Gasteiger partial charge < -0.3 is 11.5 Å². The molecule has 0 spiro atoms. The molecule has 2 rings (SSSR count). The van der Waals surface area contributed by atoms with Crippen molar-refractivity contribution >= 4 is 5.95 Å². The minimum atomic E-state index is -0.125. The van der Waals surface area contributed by atoms with E-state index in [0.29, 0.717) is 18.9 Å². The van der Waals surface area contributed by atoms with E-state index in [-0.39, 0.29) is 11.5 Å². The van der Waals surface area contributed by atoms with Gasteiger partial charge in [0.1, 0.15) is 0 Å². The van der Waals surface area contributed by atoms with E-state index in [9.17, 15) is 4.79 Å². The lowest BCUT2D eigenvalue weighted by molar-refractivity contribution is 0.677. The molecule has 0 bridgehead atoms. The Labute approximate surface area is 94.3 Å². The predicted octanol–water partition coefficient (Wildman–Crippen LogP) is 0.511. The number of anilines is 1. The number of hydrogen-bond donors (Lipinski definition) is 3. The molecule has 88 valence electrons. The molecule has 1 aromatic heterocycles. The van der Waals surface area contributed by atoms with Crippen LogP contribution in [0.15, 0.2) is 4.79 Å². The summed E-state index contributed by atoms with van der Waals surface area (Å²) < 4.78 is 0. The summed E-state index contributed by atoms with van der Waals surface area (Å²) in [5.74, 6) is 0.610. The number of nitrogen functional groups attached to an aromatic ring is 1. The van der Waals surface area contributed by atoms with E-state index in [1.54, 1.807) is 0 Å². The Kier molecular flexibility index (Phi) is 3.24. The number of nitrogens with two attached hydrogens (primary N) is 2. The number of aromatic nitrogens is 2. The third kappa shape index (κ3) is 2.09. The van der Waals surface area contributed by atoms with Crippen LogP contribution in [0.5, 0.6) is 0 Å². The number of H-pyrrole nitrogens is 1. The quantitative estimate of drug-likeness (QED) is 0.694. The Hall–Kier alpha value is -1.36. The van der Waals surface area contributed by atoms with Crippen LogP contribution in [0.3, 0.4) is 0 Å². The lowest BCUT2D eigenvalue weighted by atomic mass is 9.98. The van der Waals surface area contributed by atoms with E-state index >= 15 is 0 Å². The van der Waals surface area contributed by atoms with Gasteiger partial charge in [0.25, 0.3) is 5.56 Å². The van der Waals surface area contributed by atoms with Crippen molar-refractivity contribution in [3.63, 3.8) is 0 Å². The van der Waals surface area contributed by atoms with Crippen molar-refractivity contribution in [3.8, 4) is 0 Å². The van der Waals surface area contributed by atoms with Crippen LogP contribution in [0.25, 0.3) is 0 Å². The second-order valence-corrected chi connectivity index (χ2v) is 4.34. The first-order valence-corrected chi connectivity index (χ1v) is 5.81. The highest BCUT2D eigenvalue weighted by molar-refractivity contribution is 5.28. The van der Waals surface area contributed by atoms with Gasteiger partial charge in [-0.1, -0.05) is 12.8 Å². The van der Waals surface area contributed by atoms with E-state index < -0.39 is 0 Å². The van der Waals surface area contributed by atoms with Gasteiger partial charge >= 0.3 is 0 Å². The molecule has 0 unspecified atom stereocenters. The fraction of sp³-hybridized carbons (Fsp3) is 0.636. The summed E-state index contributed by atoms with van der Waals surface area (Å²) in [6.45, 7) is 0.467. The molecule has 0 aliphatic heterocycles. The van der Waals surface area contributed by atoms with Crippen LogP contribution in [0.1, 0.15) is 42.9 Å². The van der Waals surface area contributed by atoms with Crippen molar-refractivity contribution in [2.75, 3.05) is 12.3 Å². The van der Waals surface area contributed by atoms with Gasteiger partial charge in [0.15, 0.2) is 0 Å². The lowest BCUT2D eigenvalue weighted by Gasteiger charge is -2.13. The molecule has 1 aliphatic rings. The molecule has 1 aliphatic carbocycles. The second-order valence-electron chi connectivity index (χ2n) is 4.34. The zero-order valence-electron chi connectivity index (χ0n) is 9.33. The fourth-order valence-corrected chi connectivity index (χ4v) is 2.46. The summed E-state index contributed by atoms with van der Waals surface area (Å²) in [6, 6.07) is 0. The number of aromatic amines is 1. The van der Waals surface area contributed by atoms with Gasteiger partial charge in [-0.15, -0.1) is 0 Å². The van der Waals surface area contributed by atoms with Crippen molar-refractivity contribution < 1.29 is 0 Å². The molecule has 5 nitrogen and oxygen atoms in total. The summed E-state index contributed by atoms with van der Waals surface area (Å²) in [6.07, 6.45) is 5.21. The maximum atomic E-state index is 11.8. The van der Waals surface area contributed by atoms with E-state index in [4.69, 9.17) is 11.5 Å². The van der Waals surface area contributed by atoms with Crippen molar-refractivity contribution in [2.24, 2.45) is 5.73 Å². The second kappa shape index (κ2) is 4.65. The highest BCUT2D eigenvalue weighted by Gasteiger charge is 2.23. The van der Waals surface area contributed by atoms with E-state index in [0.717, 1.165) is 24.1 Å². The van der Waals surface area contributed by atoms with Crippen molar-refractivity contribution in [1.82, 2.24) is 9.97 Å². The molecule has 0 aromatic carbocycles.